The van der Waals surface area contributed by atoms with Gasteiger partial charge in [-0.15, -0.1) is 0 Å². The fourth-order valence-corrected chi connectivity index (χ4v) is 3.01. The molecular weight excluding hydrogens is 294 g/mol. The average molecular weight is 315 g/mol. The molecule has 0 aromatic heterocycles. The van der Waals surface area contributed by atoms with E-state index in [-0.39, 0.29) is 19.4 Å². The van der Waals surface area contributed by atoms with E-state index in [1.807, 2.05) is 37.2 Å². The van der Waals surface area contributed by atoms with Crippen molar-refractivity contribution in [3.05, 3.63) is 23.8 Å². The fraction of sp³-hybridized carbons (Fsp3) is 0.538. The van der Waals surface area contributed by atoms with Crippen LogP contribution in [0.4, 0.5) is 0 Å². The van der Waals surface area contributed by atoms with Crippen molar-refractivity contribution < 1.29 is 17.9 Å². The molecule has 1 aliphatic rings. The Morgan fingerprint density at radius 2 is 1.95 bits per heavy atom. The van der Waals surface area contributed by atoms with Crippen molar-refractivity contribution in [1.29, 1.82) is 0 Å². The lowest BCUT2D eigenvalue weighted by atomic mass is 10.1. The van der Waals surface area contributed by atoms with Gasteiger partial charge in [0, 0.05) is 19.1 Å². The van der Waals surface area contributed by atoms with Gasteiger partial charge in [-0.1, -0.05) is 13.0 Å². The molecule has 1 aromatic carbocycles. The highest BCUT2D eigenvalue weighted by atomic mass is 32.2. The molecule has 0 bridgehead atoms. The van der Waals surface area contributed by atoms with E-state index in [0.717, 1.165) is 5.56 Å². The lowest BCUT2D eigenvalue weighted by Gasteiger charge is -2.25. The van der Waals surface area contributed by atoms with Crippen molar-refractivity contribution >= 4 is 10.2 Å². The summed E-state index contributed by atoms with van der Waals surface area (Å²) in [7, 11) is 0.337. The molecule has 2 N–H and O–H groups in total. The van der Waals surface area contributed by atoms with E-state index >= 15 is 0 Å². The zero-order valence-corrected chi connectivity index (χ0v) is 13.2. The molecule has 0 amide bonds. The van der Waals surface area contributed by atoms with Crippen molar-refractivity contribution in [3.63, 3.8) is 0 Å². The summed E-state index contributed by atoms with van der Waals surface area (Å²) in [6, 6.07) is 5.54. The Morgan fingerprint density at radius 3 is 2.62 bits per heavy atom. The minimum Gasteiger partial charge on any atom is -0.454 e. The molecule has 0 saturated heterocycles. The smallest absolute Gasteiger partial charge is 0.276 e. The summed E-state index contributed by atoms with van der Waals surface area (Å²) in [6.07, 6.45) is 0. The standard InChI is InChI=1S/C13H21N3O4S/c1-4-14-21(17,18)15-8-11(16(2)3)10-5-6-12-13(7-10)20-9-19-12/h5-7,11,14-15H,4,8-9H2,1-3H3. The first-order valence-corrected chi connectivity index (χ1v) is 8.21. The third kappa shape index (κ3) is 4.07. The van der Waals surface area contributed by atoms with Gasteiger partial charge in [-0.05, 0) is 31.8 Å². The SMILES string of the molecule is CCNS(=O)(=O)NCC(c1ccc2c(c1)OCO2)N(C)C. The molecule has 0 spiro atoms. The summed E-state index contributed by atoms with van der Waals surface area (Å²) in [5, 5.41) is 0. The highest BCUT2D eigenvalue weighted by Crippen LogP contribution is 2.34. The molecule has 1 aliphatic heterocycles. The van der Waals surface area contributed by atoms with Crippen LogP contribution in [-0.4, -0.2) is 47.3 Å². The van der Waals surface area contributed by atoms with E-state index in [1.54, 1.807) is 6.92 Å². The van der Waals surface area contributed by atoms with E-state index in [4.69, 9.17) is 9.47 Å². The Kier molecular flexibility index (Phi) is 5.04. The zero-order valence-electron chi connectivity index (χ0n) is 12.4. The number of nitrogens with zero attached hydrogens (tertiary/aromatic N) is 1. The van der Waals surface area contributed by atoms with Gasteiger partial charge in [-0.25, -0.2) is 9.44 Å². The monoisotopic (exact) mass is 315 g/mol. The second-order valence-electron chi connectivity index (χ2n) is 4.94. The van der Waals surface area contributed by atoms with Crippen LogP contribution in [0.5, 0.6) is 11.5 Å². The Labute approximate surface area is 125 Å². The van der Waals surface area contributed by atoms with Crippen LogP contribution in [-0.2, 0) is 10.2 Å². The highest BCUT2D eigenvalue weighted by Gasteiger charge is 2.21. The van der Waals surface area contributed by atoms with Crippen LogP contribution in [0.25, 0.3) is 0 Å². The molecule has 2 rings (SSSR count). The van der Waals surface area contributed by atoms with E-state index in [1.165, 1.54) is 0 Å². The molecule has 21 heavy (non-hydrogen) atoms. The third-order valence-corrected chi connectivity index (χ3v) is 4.42. The van der Waals surface area contributed by atoms with Gasteiger partial charge in [-0.3, -0.25) is 0 Å². The van der Waals surface area contributed by atoms with Gasteiger partial charge < -0.3 is 14.4 Å². The lowest BCUT2D eigenvalue weighted by molar-refractivity contribution is 0.174. The van der Waals surface area contributed by atoms with Gasteiger partial charge in [-0.2, -0.15) is 8.42 Å². The topological polar surface area (TPSA) is 79.9 Å². The first kappa shape index (κ1) is 16.0. The number of fused-ring (bicyclic) bond motifs is 1. The van der Waals surface area contributed by atoms with Crippen molar-refractivity contribution in [1.82, 2.24) is 14.3 Å². The molecule has 1 heterocycles. The zero-order chi connectivity index (χ0) is 15.5. The highest BCUT2D eigenvalue weighted by molar-refractivity contribution is 7.87. The Bertz CT molecular complexity index is 589. The van der Waals surface area contributed by atoms with Gasteiger partial charge >= 0.3 is 0 Å². The van der Waals surface area contributed by atoms with E-state index in [0.29, 0.717) is 18.0 Å². The number of hydrogen-bond donors (Lipinski definition) is 2. The Hall–Kier alpha value is -1.35. The van der Waals surface area contributed by atoms with Gasteiger partial charge in [0.05, 0.1) is 0 Å². The quantitative estimate of drug-likeness (QED) is 0.764. The maximum absolute atomic E-state index is 11.7. The predicted molar refractivity (Wildman–Crippen MR) is 79.6 cm³/mol. The number of ether oxygens (including phenoxy) is 2. The van der Waals surface area contributed by atoms with Crippen LogP contribution in [0.1, 0.15) is 18.5 Å². The molecule has 0 radical (unpaired) electrons. The Balaban J connectivity index is 2.12. The Morgan fingerprint density at radius 1 is 1.24 bits per heavy atom. The van der Waals surface area contributed by atoms with Gasteiger partial charge in [0.25, 0.3) is 10.2 Å². The van der Waals surface area contributed by atoms with Gasteiger partial charge in [0.15, 0.2) is 11.5 Å². The molecule has 7 nitrogen and oxygen atoms in total. The number of hydrogen-bond acceptors (Lipinski definition) is 5. The first-order chi connectivity index (χ1) is 9.93. The molecule has 118 valence electrons. The number of rotatable bonds is 7. The summed E-state index contributed by atoms with van der Waals surface area (Å²) in [4.78, 5) is 1.95. The largest absolute Gasteiger partial charge is 0.454 e. The number of likely N-dealkylation sites (N-methyl/N-ethyl adjacent to an activating group) is 1. The first-order valence-electron chi connectivity index (χ1n) is 6.73. The molecule has 0 saturated carbocycles. The maximum atomic E-state index is 11.7. The van der Waals surface area contributed by atoms with Crippen LogP contribution in [0.15, 0.2) is 18.2 Å². The molecule has 1 aromatic rings. The second kappa shape index (κ2) is 6.61. The minimum atomic E-state index is -3.46. The van der Waals surface area contributed by atoms with Crippen molar-refractivity contribution in [2.45, 2.75) is 13.0 Å². The summed E-state index contributed by atoms with van der Waals surface area (Å²) in [5.41, 5.74) is 0.962. The van der Waals surface area contributed by atoms with Crippen molar-refractivity contribution in [2.75, 3.05) is 34.0 Å². The number of benzene rings is 1. The molecule has 8 heteroatoms. The van der Waals surface area contributed by atoms with E-state index in [9.17, 15) is 8.42 Å². The summed E-state index contributed by atoms with van der Waals surface area (Å²) in [5.74, 6) is 1.40. The summed E-state index contributed by atoms with van der Waals surface area (Å²) in [6.45, 7) is 2.58. The minimum absolute atomic E-state index is 0.104. The molecule has 1 atom stereocenters. The lowest BCUT2D eigenvalue weighted by Crippen LogP contribution is -2.41. The normalized spacial score (nSPS) is 15.4. The van der Waals surface area contributed by atoms with Gasteiger partial charge in [0.2, 0.25) is 6.79 Å². The number of nitrogens with one attached hydrogen (secondary N) is 2. The second-order valence-corrected chi connectivity index (χ2v) is 6.53. The van der Waals surface area contributed by atoms with Crippen molar-refractivity contribution in [2.24, 2.45) is 0 Å². The van der Waals surface area contributed by atoms with E-state index < -0.39 is 10.2 Å². The van der Waals surface area contributed by atoms with Crippen LogP contribution in [0.3, 0.4) is 0 Å². The summed E-state index contributed by atoms with van der Waals surface area (Å²) >= 11 is 0. The average Bonchev–Trinajstić information content (AvgIpc) is 2.85. The maximum Gasteiger partial charge on any atom is 0.276 e. The molecule has 1 unspecified atom stereocenters. The summed E-state index contributed by atoms with van der Waals surface area (Å²) < 4.78 is 39.0. The van der Waals surface area contributed by atoms with Crippen LogP contribution in [0.2, 0.25) is 0 Å². The molecule has 0 fully saturated rings. The van der Waals surface area contributed by atoms with Gasteiger partial charge in [0.1, 0.15) is 0 Å². The predicted octanol–water partition coefficient (Wildman–Crippen LogP) is 0.462. The van der Waals surface area contributed by atoms with E-state index in [2.05, 4.69) is 9.44 Å². The molecule has 0 aliphatic carbocycles. The van der Waals surface area contributed by atoms with Crippen LogP contribution in [0, 0.1) is 0 Å². The fourth-order valence-electron chi connectivity index (χ4n) is 2.15. The molecular formula is C13H21N3O4S. The third-order valence-electron chi connectivity index (χ3n) is 3.21. The van der Waals surface area contributed by atoms with Crippen molar-refractivity contribution in [3.8, 4) is 11.5 Å². The van der Waals surface area contributed by atoms with Crippen LogP contribution >= 0.6 is 0 Å². The van der Waals surface area contributed by atoms with Crippen LogP contribution < -0.4 is 18.9 Å².